The molecule has 1 amide bonds. The standard InChI is InChI=1S/C17H18N4OS/c1-12-3-5-14(6-4-12)17-20-15(11-23-17)7-16(22)18-8-13-9-19-21(2)10-13/h3-6,9-11H,7-8H2,1-2H3,(H,18,22). The van der Waals surface area contributed by atoms with Gasteiger partial charge >= 0.3 is 0 Å². The molecule has 3 rings (SSSR count). The number of thiazole rings is 1. The minimum atomic E-state index is -0.0328. The number of carbonyl (C=O) groups excluding carboxylic acids is 1. The van der Waals surface area contributed by atoms with E-state index in [9.17, 15) is 4.79 Å². The summed E-state index contributed by atoms with van der Waals surface area (Å²) in [6.07, 6.45) is 3.93. The number of hydrogen-bond donors (Lipinski definition) is 1. The first-order valence-corrected chi connectivity index (χ1v) is 8.24. The van der Waals surface area contributed by atoms with Gasteiger partial charge in [0.15, 0.2) is 0 Å². The number of benzene rings is 1. The summed E-state index contributed by atoms with van der Waals surface area (Å²) in [5.74, 6) is -0.0328. The van der Waals surface area contributed by atoms with E-state index >= 15 is 0 Å². The van der Waals surface area contributed by atoms with E-state index in [-0.39, 0.29) is 5.91 Å². The number of aryl methyl sites for hydroxylation is 2. The van der Waals surface area contributed by atoms with E-state index in [1.807, 2.05) is 18.6 Å². The molecule has 5 nitrogen and oxygen atoms in total. The minimum absolute atomic E-state index is 0.0328. The van der Waals surface area contributed by atoms with E-state index < -0.39 is 0 Å². The summed E-state index contributed by atoms with van der Waals surface area (Å²) in [6, 6.07) is 8.24. The third-order valence-corrected chi connectivity index (χ3v) is 4.38. The summed E-state index contributed by atoms with van der Waals surface area (Å²) >= 11 is 1.56. The Morgan fingerprint density at radius 1 is 1.30 bits per heavy atom. The van der Waals surface area contributed by atoms with Gasteiger partial charge in [0.25, 0.3) is 0 Å². The number of nitrogens with zero attached hydrogens (tertiary/aromatic N) is 3. The zero-order chi connectivity index (χ0) is 16.2. The van der Waals surface area contributed by atoms with Crippen molar-refractivity contribution in [2.75, 3.05) is 0 Å². The van der Waals surface area contributed by atoms with Gasteiger partial charge in [-0.15, -0.1) is 11.3 Å². The van der Waals surface area contributed by atoms with Crippen molar-refractivity contribution < 1.29 is 4.79 Å². The van der Waals surface area contributed by atoms with Gasteiger partial charge in [0.2, 0.25) is 5.91 Å². The third-order valence-electron chi connectivity index (χ3n) is 3.44. The predicted molar refractivity (Wildman–Crippen MR) is 91.0 cm³/mol. The van der Waals surface area contributed by atoms with Crippen molar-refractivity contribution in [1.29, 1.82) is 0 Å². The molecule has 1 aromatic carbocycles. The Morgan fingerprint density at radius 3 is 2.78 bits per heavy atom. The Hall–Kier alpha value is -2.47. The second-order valence-corrected chi connectivity index (χ2v) is 6.34. The summed E-state index contributed by atoms with van der Waals surface area (Å²) in [7, 11) is 1.85. The quantitative estimate of drug-likeness (QED) is 0.784. The molecule has 6 heteroatoms. The first kappa shape index (κ1) is 15.4. The lowest BCUT2D eigenvalue weighted by molar-refractivity contribution is -0.120. The number of rotatable bonds is 5. The van der Waals surface area contributed by atoms with Crippen LogP contribution < -0.4 is 5.32 Å². The third kappa shape index (κ3) is 4.04. The molecular formula is C17H18N4OS. The normalized spacial score (nSPS) is 10.7. The van der Waals surface area contributed by atoms with Crippen molar-refractivity contribution in [3.63, 3.8) is 0 Å². The number of nitrogens with one attached hydrogen (secondary N) is 1. The van der Waals surface area contributed by atoms with Gasteiger partial charge in [0.05, 0.1) is 18.3 Å². The minimum Gasteiger partial charge on any atom is -0.352 e. The molecule has 0 saturated carbocycles. The van der Waals surface area contributed by atoms with Crippen LogP contribution in [0.15, 0.2) is 42.0 Å². The molecule has 0 saturated heterocycles. The second kappa shape index (κ2) is 6.75. The topological polar surface area (TPSA) is 59.8 Å². The molecule has 3 aromatic rings. The van der Waals surface area contributed by atoms with Crippen LogP contribution >= 0.6 is 11.3 Å². The average molecular weight is 326 g/mol. The second-order valence-electron chi connectivity index (χ2n) is 5.49. The molecular weight excluding hydrogens is 308 g/mol. The number of carbonyl (C=O) groups is 1. The van der Waals surface area contributed by atoms with Gasteiger partial charge in [-0.1, -0.05) is 29.8 Å². The van der Waals surface area contributed by atoms with E-state index in [0.29, 0.717) is 13.0 Å². The molecule has 0 aliphatic rings. The van der Waals surface area contributed by atoms with E-state index in [2.05, 4.69) is 46.6 Å². The molecule has 0 aliphatic heterocycles. The number of aromatic nitrogens is 3. The van der Waals surface area contributed by atoms with Gasteiger partial charge in [-0.3, -0.25) is 9.48 Å². The van der Waals surface area contributed by atoms with Crippen molar-refractivity contribution in [2.24, 2.45) is 7.05 Å². The Morgan fingerprint density at radius 2 is 2.09 bits per heavy atom. The first-order valence-electron chi connectivity index (χ1n) is 7.36. The summed E-state index contributed by atoms with van der Waals surface area (Å²) in [6.45, 7) is 2.55. The molecule has 0 radical (unpaired) electrons. The van der Waals surface area contributed by atoms with Crippen molar-refractivity contribution in [2.45, 2.75) is 19.9 Å². The summed E-state index contributed by atoms with van der Waals surface area (Å²) in [5.41, 5.74) is 4.09. The maximum absolute atomic E-state index is 12.0. The van der Waals surface area contributed by atoms with Crippen LogP contribution in [0, 0.1) is 6.92 Å². The average Bonchev–Trinajstić information content (AvgIpc) is 3.15. The molecule has 0 unspecified atom stereocenters. The predicted octanol–water partition coefficient (Wildman–Crippen LogP) is 2.71. The van der Waals surface area contributed by atoms with Gasteiger partial charge in [0, 0.05) is 36.3 Å². The maximum Gasteiger partial charge on any atom is 0.226 e. The molecule has 2 aromatic heterocycles. The molecule has 2 heterocycles. The molecule has 0 spiro atoms. The number of hydrogen-bond acceptors (Lipinski definition) is 4. The molecule has 1 N–H and O–H groups in total. The highest BCUT2D eigenvalue weighted by atomic mass is 32.1. The summed E-state index contributed by atoms with van der Waals surface area (Å²) < 4.78 is 1.72. The Kier molecular flexibility index (Phi) is 4.52. The van der Waals surface area contributed by atoms with E-state index in [4.69, 9.17) is 0 Å². The Bertz CT molecular complexity index is 804. The van der Waals surface area contributed by atoms with Crippen LogP contribution in [0.4, 0.5) is 0 Å². The zero-order valence-electron chi connectivity index (χ0n) is 13.1. The van der Waals surface area contributed by atoms with Crippen LogP contribution in [0.1, 0.15) is 16.8 Å². The lowest BCUT2D eigenvalue weighted by Crippen LogP contribution is -2.24. The summed E-state index contributed by atoms with van der Waals surface area (Å²) in [5, 5.41) is 9.85. The fourth-order valence-electron chi connectivity index (χ4n) is 2.21. The smallest absolute Gasteiger partial charge is 0.226 e. The molecule has 23 heavy (non-hydrogen) atoms. The van der Waals surface area contributed by atoms with Crippen molar-refractivity contribution in [3.8, 4) is 10.6 Å². The van der Waals surface area contributed by atoms with Crippen LogP contribution in [0.3, 0.4) is 0 Å². The number of amides is 1. The highest BCUT2D eigenvalue weighted by molar-refractivity contribution is 7.13. The Balaban J connectivity index is 1.58. The molecule has 118 valence electrons. The zero-order valence-corrected chi connectivity index (χ0v) is 13.9. The van der Waals surface area contributed by atoms with Gasteiger partial charge in [-0.2, -0.15) is 5.10 Å². The molecule has 0 aliphatic carbocycles. The van der Waals surface area contributed by atoms with Crippen LogP contribution in [-0.4, -0.2) is 20.7 Å². The van der Waals surface area contributed by atoms with Crippen LogP contribution in [0.2, 0.25) is 0 Å². The Labute approximate surface area is 139 Å². The van der Waals surface area contributed by atoms with Crippen molar-refractivity contribution in [3.05, 3.63) is 58.9 Å². The fraction of sp³-hybridized carbons (Fsp3) is 0.235. The SMILES string of the molecule is Cc1ccc(-c2nc(CC(=O)NCc3cnn(C)c3)cs2)cc1. The highest BCUT2D eigenvalue weighted by Crippen LogP contribution is 2.24. The van der Waals surface area contributed by atoms with Gasteiger partial charge in [-0.05, 0) is 6.92 Å². The lowest BCUT2D eigenvalue weighted by Gasteiger charge is -2.01. The fourth-order valence-corrected chi connectivity index (χ4v) is 3.03. The van der Waals surface area contributed by atoms with E-state index in [0.717, 1.165) is 21.8 Å². The first-order chi connectivity index (χ1) is 11.1. The van der Waals surface area contributed by atoms with E-state index in [1.165, 1.54) is 5.56 Å². The summed E-state index contributed by atoms with van der Waals surface area (Å²) in [4.78, 5) is 16.6. The highest BCUT2D eigenvalue weighted by Gasteiger charge is 2.09. The van der Waals surface area contributed by atoms with Crippen molar-refractivity contribution in [1.82, 2.24) is 20.1 Å². The van der Waals surface area contributed by atoms with Crippen LogP contribution in [-0.2, 0) is 24.8 Å². The van der Waals surface area contributed by atoms with E-state index in [1.54, 1.807) is 22.2 Å². The maximum atomic E-state index is 12.0. The monoisotopic (exact) mass is 326 g/mol. The van der Waals surface area contributed by atoms with Gasteiger partial charge in [0.1, 0.15) is 5.01 Å². The van der Waals surface area contributed by atoms with Crippen LogP contribution in [0.25, 0.3) is 10.6 Å². The lowest BCUT2D eigenvalue weighted by atomic mass is 10.2. The molecule has 0 atom stereocenters. The van der Waals surface area contributed by atoms with Crippen molar-refractivity contribution >= 4 is 17.2 Å². The molecule has 0 bridgehead atoms. The van der Waals surface area contributed by atoms with Crippen LogP contribution in [0.5, 0.6) is 0 Å². The largest absolute Gasteiger partial charge is 0.352 e. The van der Waals surface area contributed by atoms with Gasteiger partial charge in [-0.25, -0.2) is 4.98 Å². The van der Waals surface area contributed by atoms with Gasteiger partial charge < -0.3 is 5.32 Å². The molecule has 0 fully saturated rings.